The van der Waals surface area contributed by atoms with Crippen LogP contribution in [0.5, 0.6) is 11.5 Å². The zero-order chi connectivity index (χ0) is 18.4. The smallest absolute Gasteiger partial charge is 0.269 e. The minimum Gasteiger partial charge on any atom is -0.493 e. The number of nitrogens with zero attached hydrogens (tertiary/aromatic N) is 2. The first-order chi connectivity index (χ1) is 12.0. The molecule has 0 aliphatic heterocycles. The SMILES string of the molecule is CCOc1c(Br)cc(C=C(C#N)c2ccc([N+](=O)[O-])cc2)cc1OC. The molecule has 2 aromatic rings. The van der Waals surface area contributed by atoms with Gasteiger partial charge in [-0.2, -0.15) is 5.26 Å². The Morgan fingerprint density at radius 2 is 2.04 bits per heavy atom. The van der Waals surface area contributed by atoms with E-state index in [1.807, 2.05) is 13.0 Å². The van der Waals surface area contributed by atoms with E-state index in [4.69, 9.17) is 9.47 Å². The van der Waals surface area contributed by atoms with Gasteiger partial charge >= 0.3 is 0 Å². The Morgan fingerprint density at radius 1 is 1.36 bits per heavy atom. The van der Waals surface area contributed by atoms with Gasteiger partial charge in [0, 0.05) is 12.1 Å². The molecule has 0 amide bonds. The number of allylic oxidation sites excluding steroid dienone is 1. The van der Waals surface area contributed by atoms with Crippen LogP contribution in [0.15, 0.2) is 40.9 Å². The highest BCUT2D eigenvalue weighted by Gasteiger charge is 2.12. The largest absolute Gasteiger partial charge is 0.493 e. The van der Waals surface area contributed by atoms with Crippen LogP contribution in [0.4, 0.5) is 5.69 Å². The van der Waals surface area contributed by atoms with Gasteiger partial charge in [-0.3, -0.25) is 10.1 Å². The number of hydrogen-bond acceptors (Lipinski definition) is 5. The summed E-state index contributed by atoms with van der Waals surface area (Å²) < 4.78 is 11.6. The van der Waals surface area contributed by atoms with Gasteiger partial charge in [0.25, 0.3) is 5.69 Å². The summed E-state index contributed by atoms with van der Waals surface area (Å²) in [5.41, 5.74) is 1.69. The van der Waals surface area contributed by atoms with Gasteiger partial charge in [-0.1, -0.05) is 0 Å². The number of nitriles is 1. The van der Waals surface area contributed by atoms with E-state index in [1.165, 1.54) is 12.1 Å². The minimum atomic E-state index is -0.478. The van der Waals surface area contributed by atoms with Crippen molar-refractivity contribution >= 4 is 33.3 Å². The molecule has 0 N–H and O–H groups in total. The number of methoxy groups -OCH3 is 1. The molecule has 128 valence electrons. The number of halogens is 1. The summed E-state index contributed by atoms with van der Waals surface area (Å²) in [6.45, 7) is 2.37. The van der Waals surface area contributed by atoms with Gasteiger partial charge in [0.2, 0.25) is 0 Å². The molecule has 25 heavy (non-hydrogen) atoms. The number of nitro benzene ring substituents is 1. The molecule has 0 heterocycles. The maximum absolute atomic E-state index is 10.7. The molecule has 0 aromatic heterocycles. The van der Waals surface area contributed by atoms with Crippen molar-refractivity contribution in [3.8, 4) is 17.6 Å². The molecule has 0 saturated heterocycles. The Hall–Kier alpha value is -2.85. The molecule has 0 radical (unpaired) electrons. The zero-order valence-electron chi connectivity index (χ0n) is 13.7. The molecule has 0 aliphatic rings. The summed E-state index contributed by atoms with van der Waals surface area (Å²) in [5.74, 6) is 1.14. The van der Waals surface area contributed by atoms with Crippen molar-refractivity contribution in [2.45, 2.75) is 6.92 Å². The van der Waals surface area contributed by atoms with E-state index in [1.54, 1.807) is 31.4 Å². The second-order valence-corrected chi connectivity index (χ2v) is 5.80. The van der Waals surface area contributed by atoms with Crippen molar-refractivity contribution in [3.05, 3.63) is 62.1 Å². The predicted molar refractivity (Wildman–Crippen MR) is 98.4 cm³/mol. The Kier molecular flexibility index (Phi) is 6.14. The van der Waals surface area contributed by atoms with Crippen LogP contribution in [-0.2, 0) is 0 Å². The average Bonchev–Trinajstić information content (AvgIpc) is 2.61. The van der Waals surface area contributed by atoms with Gasteiger partial charge in [0.05, 0.1) is 34.8 Å². The molecule has 0 spiro atoms. The van der Waals surface area contributed by atoms with Crippen LogP contribution in [0.1, 0.15) is 18.1 Å². The van der Waals surface area contributed by atoms with Gasteiger partial charge in [0.1, 0.15) is 0 Å². The number of rotatable bonds is 6. The van der Waals surface area contributed by atoms with Crippen LogP contribution in [0.3, 0.4) is 0 Å². The van der Waals surface area contributed by atoms with Crippen LogP contribution in [0.25, 0.3) is 11.6 Å². The van der Waals surface area contributed by atoms with E-state index in [2.05, 4.69) is 22.0 Å². The maximum Gasteiger partial charge on any atom is 0.269 e. The average molecular weight is 403 g/mol. The predicted octanol–water partition coefficient (Wildman–Crippen LogP) is 4.83. The first-order valence-electron chi connectivity index (χ1n) is 7.37. The van der Waals surface area contributed by atoms with Crippen molar-refractivity contribution in [1.29, 1.82) is 5.26 Å². The lowest BCUT2D eigenvalue weighted by Gasteiger charge is -2.12. The van der Waals surface area contributed by atoms with Crippen LogP contribution >= 0.6 is 15.9 Å². The highest BCUT2D eigenvalue weighted by Crippen LogP contribution is 2.37. The van der Waals surface area contributed by atoms with Gasteiger partial charge in [-0.05, 0) is 64.3 Å². The van der Waals surface area contributed by atoms with Crippen LogP contribution in [-0.4, -0.2) is 18.6 Å². The molecule has 6 nitrogen and oxygen atoms in total. The first kappa shape index (κ1) is 18.5. The van der Waals surface area contributed by atoms with Crippen LogP contribution in [0, 0.1) is 21.4 Å². The summed E-state index contributed by atoms with van der Waals surface area (Å²) in [5, 5.41) is 20.2. The Bertz CT molecular complexity index is 855. The molecular weight excluding hydrogens is 388 g/mol. The van der Waals surface area contributed by atoms with Gasteiger partial charge in [-0.25, -0.2) is 0 Å². The van der Waals surface area contributed by atoms with Gasteiger partial charge in [-0.15, -0.1) is 0 Å². The standard InChI is InChI=1S/C18H15BrN2O4/c1-3-25-18-16(19)9-12(10-17(18)24-2)8-14(11-20)13-4-6-15(7-5-13)21(22)23/h4-10H,3H2,1-2H3. The Labute approximate surface area is 153 Å². The lowest BCUT2D eigenvalue weighted by molar-refractivity contribution is -0.384. The normalized spacial score (nSPS) is 10.9. The second-order valence-electron chi connectivity index (χ2n) is 4.94. The Balaban J connectivity index is 2.44. The molecule has 0 fully saturated rings. The molecule has 0 aliphatic carbocycles. The van der Waals surface area contributed by atoms with Crippen molar-refractivity contribution in [2.24, 2.45) is 0 Å². The summed E-state index contributed by atoms with van der Waals surface area (Å²) in [7, 11) is 1.54. The molecular formula is C18H15BrN2O4. The number of ether oxygens (including phenoxy) is 2. The molecule has 0 saturated carbocycles. The van der Waals surface area contributed by atoms with E-state index in [0.29, 0.717) is 33.7 Å². The summed E-state index contributed by atoms with van der Waals surface area (Å²) in [4.78, 5) is 10.3. The highest BCUT2D eigenvalue weighted by atomic mass is 79.9. The molecule has 2 aromatic carbocycles. The van der Waals surface area contributed by atoms with Crippen molar-refractivity contribution in [1.82, 2.24) is 0 Å². The van der Waals surface area contributed by atoms with E-state index < -0.39 is 4.92 Å². The molecule has 2 rings (SSSR count). The topological polar surface area (TPSA) is 85.4 Å². The number of hydrogen-bond donors (Lipinski definition) is 0. The Morgan fingerprint density at radius 3 is 2.56 bits per heavy atom. The fraction of sp³-hybridized carbons (Fsp3) is 0.167. The zero-order valence-corrected chi connectivity index (χ0v) is 15.2. The second kappa shape index (κ2) is 8.31. The minimum absolute atomic E-state index is 0.0217. The summed E-state index contributed by atoms with van der Waals surface area (Å²) >= 11 is 3.44. The number of nitro groups is 1. The number of benzene rings is 2. The van der Waals surface area contributed by atoms with E-state index in [-0.39, 0.29) is 5.69 Å². The molecule has 0 unspecified atom stereocenters. The number of non-ortho nitro benzene ring substituents is 1. The fourth-order valence-electron chi connectivity index (χ4n) is 2.22. The van der Waals surface area contributed by atoms with Crippen molar-refractivity contribution in [3.63, 3.8) is 0 Å². The van der Waals surface area contributed by atoms with Crippen LogP contribution < -0.4 is 9.47 Å². The molecule has 0 atom stereocenters. The van der Waals surface area contributed by atoms with Crippen molar-refractivity contribution in [2.75, 3.05) is 13.7 Å². The third kappa shape index (κ3) is 4.37. The van der Waals surface area contributed by atoms with E-state index in [9.17, 15) is 15.4 Å². The summed E-state index contributed by atoms with van der Waals surface area (Å²) in [6.07, 6.45) is 1.68. The monoisotopic (exact) mass is 402 g/mol. The van der Waals surface area contributed by atoms with Gasteiger partial charge < -0.3 is 9.47 Å². The van der Waals surface area contributed by atoms with Gasteiger partial charge in [0.15, 0.2) is 11.5 Å². The van der Waals surface area contributed by atoms with Crippen molar-refractivity contribution < 1.29 is 14.4 Å². The molecule has 7 heteroatoms. The molecule has 0 bridgehead atoms. The quantitative estimate of drug-likeness (QED) is 0.299. The van der Waals surface area contributed by atoms with E-state index in [0.717, 1.165) is 5.56 Å². The fourth-order valence-corrected chi connectivity index (χ4v) is 2.79. The van der Waals surface area contributed by atoms with Crippen LogP contribution in [0.2, 0.25) is 0 Å². The maximum atomic E-state index is 10.7. The first-order valence-corrected chi connectivity index (χ1v) is 8.16. The third-order valence-electron chi connectivity index (χ3n) is 3.36. The lowest BCUT2D eigenvalue weighted by atomic mass is 10.0. The summed E-state index contributed by atoms with van der Waals surface area (Å²) in [6, 6.07) is 11.5. The third-order valence-corrected chi connectivity index (χ3v) is 3.95. The highest BCUT2D eigenvalue weighted by molar-refractivity contribution is 9.10. The van der Waals surface area contributed by atoms with E-state index >= 15 is 0 Å². The lowest BCUT2D eigenvalue weighted by Crippen LogP contribution is -1.97.